The summed E-state index contributed by atoms with van der Waals surface area (Å²) in [7, 11) is 0. The summed E-state index contributed by atoms with van der Waals surface area (Å²) >= 11 is 0. The van der Waals surface area contributed by atoms with Crippen molar-refractivity contribution in [3.8, 4) is 0 Å². The van der Waals surface area contributed by atoms with Crippen molar-refractivity contribution in [2.24, 2.45) is 0 Å². The molecule has 2 heterocycles. The molecule has 0 saturated carbocycles. The summed E-state index contributed by atoms with van der Waals surface area (Å²) in [5, 5.41) is 2.99. The van der Waals surface area contributed by atoms with Crippen LogP contribution < -0.4 is 5.32 Å². The van der Waals surface area contributed by atoms with Crippen LogP contribution >= 0.6 is 0 Å². The molecule has 0 bridgehead atoms. The van der Waals surface area contributed by atoms with Gasteiger partial charge in [0.05, 0.1) is 17.2 Å². The smallest absolute Gasteiger partial charge is 0.417 e. The summed E-state index contributed by atoms with van der Waals surface area (Å²) in [6.07, 6.45) is -5.25. The lowest BCUT2D eigenvalue weighted by Crippen LogP contribution is -2.50. The van der Waals surface area contributed by atoms with Crippen molar-refractivity contribution in [3.05, 3.63) is 59.2 Å². The first-order valence-corrected chi connectivity index (χ1v) is 10.3. The standard InChI is InChI=1S/C23H24F3N3O3/c1-22(2,3)32-21(31)28-9-10-29-18(13-28)16-11-15(27-14-7-5-4-6-8-14)12-17(23(24,25)26)19(16)20(29)30/h4-8,11-12,18,27H,9-10,13H2,1-3H3/t18-/m0/s1. The second kappa shape index (κ2) is 7.72. The summed E-state index contributed by atoms with van der Waals surface area (Å²) in [6.45, 7) is 5.63. The molecule has 2 aromatic carbocycles. The molecule has 170 valence electrons. The third kappa shape index (κ3) is 4.24. The van der Waals surface area contributed by atoms with Gasteiger partial charge in [-0.3, -0.25) is 4.79 Å². The van der Waals surface area contributed by atoms with E-state index in [0.717, 1.165) is 6.07 Å². The van der Waals surface area contributed by atoms with Crippen molar-refractivity contribution in [1.82, 2.24) is 9.80 Å². The quantitative estimate of drug-likeness (QED) is 0.688. The Bertz CT molecular complexity index is 1050. The Labute approximate surface area is 183 Å². The SMILES string of the molecule is CC(C)(C)OC(=O)N1CCN2C(=O)c3c(cc(Nc4ccccc4)cc3C(F)(F)F)[C@@H]2C1. The van der Waals surface area contributed by atoms with Crippen LogP contribution in [-0.4, -0.2) is 47.0 Å². The Morgan fingerprint density at radius 3 is 2.38 bits per heavy atom. The molecule has 2 aliphatic rings. The van der Waals surface area contributed by atoms with Crippen molar-refractivity contribution < 1.29 is 27.5 Å². The topological polar surface area (TPSA) is 61.9 Å². The maximum Gasteiger partial charge on any atom is 0.417 e. The van der Waals surface area contributed by atoms with E-state index in [1.807, 2.05) is 0 Å². The third-order valence-corrected chi connectivity index (χ3v) is 5.40. The third-order valence-electron chi connectivity index (χ3n) is 5.40. The molecule has 4 rings (SSSR count). The maximum absolute atomic E-state index is 13.9. The molecule has 0 aromatic heterocycles. The van der Waals surface area contributed by atoms with Crippen LogP contribution in [-0.2, 0) is 10.9 Å². The highest BCUT2D eigenvalue weighted by Gasteiger charge is 2.47. The maximum atomic E-state index is 13.9. The highest BCUT2D eigenvalue weighted by molar-refractivity contribution is 6.01. The number of hydrogen-bond acceptors (Lipinski definition) is 4. The fourth-order valence-electron chi connectivity index (χ4n) is 4.08. The largest absolute Gasteiger partial charge is 0.444 e. The predicted molar refractivity (Wildman–Crippen MR) is 113 cm³/mol. The molecule has 0 unspecified atom stereocenters. The number of nitrogens with one attached hydrogen (secondary N) is 1. The number of benzene rings is 2. The molecular weight excluding hydrogens is 423 g/mol. The molecule has 0 spiro atoms. The number of nitrogens with zero attached hydrogens (tertiary/aromatic N) is 2. The Kier molecular flexibility index (Phi) is 5.30. The highest BCUT2D eigenvalue weighted by Crippen LogP contribution is 2.45. The van der Waals surface area contributed by atoms with Gasteiger partial charge in [-0.15, -0.1) is 0 Å². The van der Waals surface area contributed by atoms with Crippen molar-refractivity contribution in [3.63, 3.8) is 0 Å². The normalized spacial score (nSPS) is 18.3. The van der Waals surface area contributed by atoms with Gasteiger partial charge >= 0.3 is 12.3 Å². The van der Waals surface area contributed by atoms with Gasteiger partial charge in [-0.1, -0.05) is 18.2 Å². The number of hydrogen-bond donors (Lipinski definition) is 1. The monoisotopic (exact) mass is 447 g/mol. The number of para-hydroxylation sites is 1. The number of fused-ring (bicyclic) bond motifs is 3. The van der Waals surface area contributed by atoms with E-state index in [-0.39, 0.29) is 36.4 Å². The predicted octanol–water partition coefficient (Wildman–Crippen LogP) is 5.20. The molecular formula is C23H24F3N3O3. The van der Waals surface area contributed by atoms with Crippen LogP contribution in [0.5, 0.6) is 0 Å². The van der Waals surface area contributed by atoms with Gasteiger partial charge < -0.3 is 19.9 Å². The lowest BCUT2D eigenvalue weighted by molar-refractivity contribution is -0.137. The molecule has 1 atom stereocenters. The summed E-state index contributed by atoms with van der Waals surface area (Å²) in [5.74, 6) is -0.660. The minimum Gasteiger partial charge on any atom is -0.444 e. The van der Waals surface area contributed by atoms with Crippen LogP contribution in [0, 0.1) is 0 Å². The van der Waals surface area contributed by atoms with Crippen molar-refractivity contribution in [1.29, 1.82) is 0 Å². The zero-order chi connectivity index (χ0) is 23.3. The van der Waals surface area contributed by atoms with Crippen molar-refractivity contribution in [2.45, 2.75) is 38.6 Å². The van der Waals surface area contributed by atoms with Gasteiger partial charge in [0.25, 0.3) is 5.91 Å². The number of piperazine rings is 1. The molecule has 2 aromatic rings. The molecule has 1 fully saturated rings. The minimum atomic E-state index is -4.70. The number of amides is 2. The van der Waals surface area contributed by atoms with E-state index in [0.29, 0.717) is 5.69 Å². The van der Waals surface area contributed by atoms with Crippen molar-refractivity contribution >= 4 is 23.4 Å². The number of carbonyl (C=O) groups excluding carboxylic acids is 2. The Balaban J connectivity index is 1.72. The van der Waals surface area contributed by atoms with E-state index < -0.39 is 35.4 Å². The number of anilines is 2. The molecule has 0 radical (unpaired) electrons. The molecule has 1 saturated heterocycles. The average molecular weight is 447 g/mol. The molecule has 2 aliphatic heterocycles. The molecule has 9 heteroatoms. The van der Waals surface area contributed by atoms with Crippen LogP contribution in [0.25, 0.3) is 0 Å². The molecule has 32 heavy (non-hydrogen) atoms. The van der Waals surface area contributed by atoms with Gasteiger partial charge in [-0.2, -0.15) is 13.2 Å². The van der Waals surface area contributed by atoms with E-state index in [2.05, 4.69) is 5.32 Å². The van der Waals surface area contributed by atoms with Gasteiger partial charge in [0, 0.05) is 31.0 Å². The van der Waals surface area contributed by atoms with Crippen LogP contribution in [0.15, 0.2) is 42.5 Å². The zero-order valence-electron chi connectivity index (χ0n) is 18.0. The Morgan fingerprint density at radius 2 is 1.75 bits per heavy atom. The van der Waals surface area contributed by atoms with Gasteiger partial charge in [0.15, 0.2) is 0 Å². The lowest BCUT2D eigenvalue weighted by Gasteiger charge is -2.38. The molecule has 2 amide bonds. The fraction of sp³-hybridized carbons (Fsp3) is 0.391. The summed E-state index contributed by atoms with van der Waals surface area (Å²) in [5.41, 5.74) is -0.902. The summed E-state index contributed by atoms with van der Waals surface area (Å²) < 4.78 is 47.2. The Morgan fingerprint density at radius 1 is 1.06 bits per heavy atom. The molecule has 6 nitrogen and oxygen atoms in total. The summed E-state index contributed by atoms with van der Waals surface area (Å²) in [4.78, 5) is 28.3. The first-order valence-electron chi connectivity index (χ1n) is 10.3. The second-order valence-electron chi connectivity index (χ2n) is 8.92. The second-order valence-corrected chi connectivity index (χ2v) is 8.92. The first-order chi connectivity index (χ1) is 14.9. The minimum absolute atomic E-state index is 0.0692. The number of alkyl halides is 3. The number of rotatable bonds is 2. The first kappa shape index (κ1) is 22.0. The van der Waals surface area contributed by atoms with Gasteiger partial charge in [0.1, 0.15) is 5.60 Å². The van der Waals surface area contributed by atoms with Gasteiger partial charge in [-0.05, 0) is 50.6 Å². The summed E-state index contributed by atoms with van der Waals surface area (Å²) in [6, 6.07) is 10.7. The lowest BCUT2D eigenvalue weighted by atomic mass is 9.97. The highest BCUT2D eigenvalue weighted by atomic mass is 19.4. The van der Waals surface area contributed by atoms with E-state index >= 15 is 0 Å². The van der Waals surface area contributed by atoms with Crippen LogP contribution in [0.1, 0.15) is 48.3 Å². The van der Waals surface area contributed by atoms with E-state index in [4.69, 9.17) is 4.74 Å². The zero-order valence-corrected chi connectivity index (χ0v) is 18.0. The van der Waals surface area contributed by atoms with Crippen LogP contribution in [0.3, 0.4) is 0 Å². The average Bonchev–Trinajstić information content (AvgIpc) is 2.98. The van der Waals surface area contributed by atoms with E-state index in [9.17, 15) is 22.8 Å². The van der Waals surface area contributed by atoms with Crippen molar-refractivity contribution in [2.75, 3.05) is 25.0 Å². The number of carbonyl (C=O) groups is 2. The van der Waals surface area contributed by atoms with Crippen LogP contribution in [0.2, 0.25) is 0 Å². The van der Waals surface area contributed by atoms with E-state index in [1.54, 1.807) is 57.2 Å². The van der Waals surface area contributed by atoms with Crippen LogP contribution in [0.4, 0.5) is 29.3 Å². The van der Waals surface area contributed by atoms with Gasteiger partial charge in [0.2, 0.25) is 0 Å². The number of ether oxygens (including phenoxy) is 1. The Hall–Kier alpha value is -3.23. The molecule has 1 N–H and O–H groups in total. The molecule has 0 aliphatic carbocycles. The fourth-order valence-corrected chi connectivity index (χ4v) is 4.08. The van der Waals surface area contributed by atoms with Gasteiger partial charge in [-0.25, -0.2) is 4.79 Å². The van der Waals surface area contributed by atoms with E-state index in [1.165, 1.54) is 9.80 Å². The number of halogens is 3.